The van der Waals surface area contributed by atoms with Crippen molar-refractivity contribution in [2.45, 2.75) is 31.9 Å². The van der Waals surface area contributed by atoms with Crippen molar-refractivity contribution in [3.63, 3.8) is 0 Å². The largest absolute Gasteiger partial charge is 0.481 e. The van der Waals surface area contributed by atoms with E-state index in [4.69, 9.17) is 5.11 Å². The standard InChI is InChI=1S/C11H17N3O2S/c1-8-12-13-9(14(8)2)6-17-7-11(3-4-11)5-10(15)16/h3-7H2,1-2H3,(H,15,16). The summed E-state index contributed by atoms with van der Waals surface area (Å²) in [6, 6.07) is 0. The average molecular weight is 255 g/mol. The van der Waals surface area contributed by atoms with Crippen LogP contribution >= 0.6 is 11.8 Å². The molecule has 1 aliphatic carbocycles. The molecule has 17 heavy (non-hydrogen) atoms. The van der Waals surface area contributed by atoms with Gasteiger partial charge in [0.25, 0.3) is 0 Å². The molecule has 1 saturated carbocycles. The zero-order chi connectivity index (χ0) is 12.5. The van der Waals surface area contributed by atoms with Crippen molar-refractivity contribution in [3.8, 4) is 0 Å². The zero-order valence-corrected chi connectivity index (χ0v) is 11.0. The van der Waals surface area contributed by atoms with Crippen molar-refractivity contribution >= 4 is 17.7 Å². The maximum absolute atomic E-state index is 10.7. The minimum absolute atomic E-state index is 0.0597. The van der Waals surface area contributed by atoms with E-state index >= 15 is 0 Å². The molecular weight excluding hydrogens is 238 g/mol. The molecule has 1 aliphatic rings. The summed E-state index contributed by atoms with van der Waals surface area (Å²) >= 11 is 1.76. The van der Waals surface area contributed by atoms with Crippen LogP contribution in [0.5, 0.6) is 0 Å². The summed E-state index contributed by atoms with van der Waals surface area (Å²) in [5.41, 5.74) is 0.0597. The van der Waals surface area contributed by atoms with Gasteiger partial charge in [0.1, 0.15) is 11.6 Å². The smallest absolute Gasteiger partial charge is 0.303 e. The Morgan fingerprint density at radius 3 is 2.71 bits per heavy atom. The molecule has 0 radical (unpaired) electrons. The summed E-state index contributed by atoms with van der Waals surface area (Å²) in [6.07, 6.45) is 2.39. The summed E-state index contributed by atoms with van der Waals surface area (Å²) in [6.45, 7) is 1.92. The fraction of sp³-hybridized carbons (Fsp3) is 0.727. The second-order valence-electron chi connectivity index (χ2n) is 4.79. The molecule has 1 heterocycles. The molecule has 0 saturated heterocycles. The molecular formula is C11H17N3O2S. The molecule has 0 amide bonds. The first-order chi connectivity index (χ1) is 8.02. The highest BCUT2D eigenvalue weighted by Gasteiger charge is 2.44. The Bertz CT molecular complexity index is 426. The highest BCUT2D eigenvalue weighted by atomic mass is 32.2. The topological polar surface area (TPSA) is 68.0 Å². The lowest BCUT2D eigenvalue weighted by atomic mass is 10.1. The number of rotatable bonds is 6. The van der Waals surface area contributed by atoms with Gasteiger partial charge in [0, 0.05) is 7.05 Å². The summed E-state index contributed by atoms with van der Waals surface area (Å²) in [4.78, 5) is 10.7. The Morgan fingerprint density at radius 1 is 1.53 bits per heavy atom. The monoisotopic (exact) mass is 255 g/mol. The molecule has 0 bridgehead atoms. The maximum atomic E-state index is 10.7. The first kappa shape index (κ1) is 12.4. The fourth-order valence-corrected chi connectivity index (χ4v) is 3.17. The summed E-state index contributed by atoms with van der Waals surface area (Å²) in [5, 5.41) is 16.9. The Balaban J connectivity index is 1.80. The van der Waals surface area contributed by atoms with Gasteiger partial charge < -0.3 is 9.67 Å². The number of aliphatic carboxylic acids is 1. The summed E-state index contributed by atoms with van der Waals surface area (Å²) in [5.74, 6) is 2.90. The normalized spacial score (nSPS) is 17.1. The minimum atomic E-state index is -0.683. The van der Waals surface area contributed by atoms with E-state index in [2.05, 4.69) is 10.2 Å². The van der Waals surface area contributed by atoms with Crippen LogP contribution in [0.4, 0.5) is 0 Å². The third-order valence-corrected chi connectivity index (χ3v) is 4.58. The Morgan fingerprint density at radius 2 is 2.24 bits per heavy atom. The molecule has 6 heteroatoms. The molecule has 2 rings (SSSR count). The number of aryl methyl sites for hydroxylation is 1. The number of thioether (sulfide) groups is 1. The molecule has 94 valence electrons. The van der Waals surface area contributed by atoms with Gasteiger partial charge in [-0.15, -0.1) is 10.2 Å². The van der Waals surface area contributed by atoms with E-state index in [1.54, 1.807) is 11.8 Å². The van der Waals surface area contributed by atoms with E-state index in [1.165, 1.54) is 0 Å². The van der Waals surface area contributed by atoms with E-state index in [-0.39, 0.29) is 5.41 Å². The molecule has 1 N–H and O–H groups in total. The fourth-order valence-electron chi connectivity index (χ4n) is 1.81. The zero-order valence-electron chi connectivity index (χ0n) is 10.1. The Labute approximate surface area is 105 Å². The predicted molar refractivity (Wildman–Crippen MR) is 65.8 cm³/mol. The van der Waals surface area contributed by atoms with Crippen LogP contribution in [0.3, 0.4) is 0 Å². The van der Waals surface area contributed by atoms with Crippen LogP contribution in [-0.4, -0.2) is 31.6 Å². The lowest BCUT2D eigenvalue weighted by molar-refractivity contribution is -0.138. The number of aromatic nitrogens is 3. The van der Waals surface area contributed by atoms with E-state index in [0.29, 0.717) is 6.42 Å². The van der Waals surface area contributed by atoms with Gasteiger partial charge in [0.15, 0.2) is 0 Å². The number of hydrogen-bond donors (Lipinski definition) is 1. The SMILES string of the molecule is Cc1nnc(CSCC2(CC(=O)O)CC2)n1C. The molecule has 5 nitrogen and oxygen atoms in total. The van der Waals surface area contributed by atoms with Crippen molar-refractivity contribution in [3.05, 3.63) is 11.6 Å². The second kappa shape index (κ2) is 4.68. The Kier molecular flexibility index (Phi) is 3.42. The van der Waals surface area contributed by atoms with Crippen LogP contribution in [0.25, 0.3) is 0 Å². The van der Waals surface area contributed by atoms with Gasteiger partial charge in [-0.2, -0.15) is 11.8 Å². The Hall–Kier alpha value is -1.04. The highest BCUT2D eigenvalue weighted by molar-refractivity contribution is 7.98. The van der Waals surface area contributed by atoms with Gasteiger partial charge in [-0.25, -0.2) is 0 Å². The van der Waals surface area contributed by atoms with Gasteiger partial charge in [0.2, 0.25) is 0 Å². The predicted octanol–water partition coefficient (Wildman–Crippen LogP) is 1.61. The molecule has 1 aromatic rings. The molecule has 0 spiro atoms. The number of nitrogens with zero attached hydrogens (tertiary/aromatic N) is 3. The minimum Gasteiger partial charge on any atom is -0.481 e. The molecule has 1 aromatic heterocycles. The van der Waals surface area contributed by atoms with Crippen molar-refractivity contribution in [2.24, 2.45) is 12.5 Å². The number of carboxylic acids is 1. The van der Waals surface area contributed by atoms with Crippen LogP contribution in [0.1, 0.15) is 30.9 Å². The third kappa shape index (κ3) is 3.00. The van der Waals surface area contributed by atoms with Crippen LogP contribution in [-0.2, 0) is 17.6 Å². The van der Waals surface area contributed by atoms with Gasteiger partial charge >= 0.3 is 5.97 Å². The van der Waals surface area contributed by atoms with E-state index in [0.717, 1.165) is 36.0 Å². The maximum Gasteiger partial charge on any atom is 0.303 e. The average Bonchev–Trinajstić information content (AvgIpc) is 2.93. The number of hydrogen-bond acceptors (Lipinski definition) is 4. The summed E-state index contributed by atoms with van der Waals surface area (Å²) in [7, 11) is 1.95. The van der Waals surface area contributed by atoms with E-state index in [1.807, 2.05) is 18.5 Å². The van der Waals surface area contributed by atoms with Crippen LogP contribution in [0.2, 0.25) is 0 Å². The number of carboxylic acid groups (broad SMARTS) is 1. The van der Waals surface area contributed by atoms with Gasteiger partial charge in [0.05, 0.1) is 12.2 Å². The molecule has 0 aliphatic heterocycles. The lowest BCUT2D eigenvalue weighted by Crippen LogP contribution is -2.11. The number of carbonyl (C=O) groups is 1. The summed E-state index contributed by atoms with van der Waals surface area (Å²) < 4.78 is 1.98. The molecule has 0 unspecified atom stereocenters. The first-order valence-corrected chi connectivity index (χ1v) is 6.82. The van der Waals surface area contributed by atoms with Crippen molar-refractivity contribution in [1.29, 1.82) is 0 Å². The van der Waals surface area contributed by atoms with Crippen LogP contribution < -0.4 is 0 Å². The van der Waals surface area contributed by atoms with Crippen LogP contribution in [0.15, 0.2) is 0 Å². The van der Waals surface area contributed by atoms with Crippen LogP contribution in [0, 0.1) is 12.3 Å². The quantitative estimate of drug-likeness (QED) is 0.836. The van der Waals surface area contributed by atoms with Gasteiger partial charge in [-0.1, -0.05) is 0 Å². The first-order valence-electron chi connectivity index (χ1n) is 5.67. The van der Waals surface area contributed by atoms with Crippen molar-refractivity contribution in [1.82, 2.24) is 14.8 Å². The molecule has 0 atom stereocenters. The van der Waals surface area contributed by atoms with Gasteiger partial charge in [-0.05, 0) is 30.9 Å². The van der Waals surface area contributed by atoms with E-state index in [9.17, 15) is 4.79 Å². The lowest BCUT2D eigenvalue weighted by Gasteiger charge is -2.11. The molecule has 0 aromatic carbocycles. The molecule has 1 fully saturated rings. The van der Waals surface area contributed by atoms with E-state index < -0.39 is 5.97 Å². The third-order valence-electron chi connectivity index (χ3n) is 3.31. The van der Waals surface area contributed by atoms with Gasteiger partial charge in [-0.3, -0.25) is 4.79 Å². The van der Waals surface area contributed by atoms with Crippen molar-refractivity contribution in [2.75, 3.05) is 5.75 Å². The van der Waals surface area contributed by atoms with Crippen molar-refractivity contribution < 1.29 is 9.90 Å². The highest BCUT2D eigenvalue weighted by Crippen LogP contribution is 2.51. The second-order valence-corrected chi connectivity index (χ2v) is 5.77.